The van der Waals surface area contributed by atoms with E-state index >= 15 is 0 Å². The molecule has 158 valence electrons. The summed E-state index contributed by atoms with van der Waals surface area (Å²) in [5, 5.41) is 5.54. The number of nitrogens with one attached hydrogen (secondary N) is 2. The smallest absolute Gasteiger partial charge is 0.353 e. The van der Waals surface area contributed by atoms with Crippen LogP contribution < -0.4 is 10.6 Å². The summed E-state index contributed by atoms with van der Waals surface area (Å²) < 4.78 is 38.9. The van der Waals surface area contributed by atoms with Gasteiger partial charge in [-0.15, -0.1) is 0 Å². The molecule has 1 atom stereocenters. The summed E-state index contributed by atoms with van der Waals surface area (Å²) in [6, 6.07) is 4.42. The third-order valence-corrected chi connectivity index (χ3v) is 4.54. The molecule has 4 nitrogen and oxygen atoms in total. The first-order valence-electron chi connectivity index (χ1n) is 9.49. The number of hydrogen-bond acceptors (Lipinski definition) is 2. The van der Waals surface area contributed by atoms with Crippen LogP contribution in [0.5, 0.6) is 0 Å². The van der Waals surface area contributed by atoms with Crippen LogP contribution in [0.3, 0.4) is 0 Å². The minimum atomic E-state index is -4.42. The Kier molecular flexibility index (Phi) is 8.08. The van der Waals surface area contributed by atoms with Crippen LogP contribution in [0.4, 0.5) is 13.2 Å². The highest BCUT2D eigenvalue weighted by Crippen LogP contribution is 2.32. The second-order valence-corrected chi connectivity index (χ2v) is 8.57. The van der Waals surface area contributed by atoms with Gasteiger partial charge in [0.1, 0.15) is 6.04 Å². The Balaban J connectivity index is 2.84. The Bertz CT molecular complexity index is 682. The zero-order chi connectivity index (χ0) is 21.7. The summed E-state index contributed by atoms with van der Waals surface area (Å²) in [5.74, 6) is -0.475. The van der Waals surface area contributed by atoms with Crippen LogP contribution in [0.25, 0.3) is 0 Å². The van der Waals surface area contributed by atoms with Crippen molar-refractivity contribution >= 4 is 11.8 Å². The van der Waals surface area contributed by atoms with Gasteiger partial charge in [0.15, 0.2) is 0 Å². The van der Waals surface area contributed by atoms with Gasteiger partial charge in [-0.1, -0.05) is 59.7 Å². The van der Waals surface area contributed by atoms with Crippen molar-refractivity contribution in [2.75, 3.05) is 6.54 Å². The highest BCUT2D eigenvalue weighted by atomic mass is 19.4. The Morgan fingerprint density at radius 2 is 1.61 bits per heavy atom. The maximum absolute atomic E-state index is 13.0. The van der Waals surface area contributed by atoms with Crippen LogP contribution in [0, 0.1) is 11.8 Å². The fraction of sp³-hybridized carbons (Fsp3) is 0.619. The Labute approximate surface area is 165 Å². The Hall–Kier alpha value is -2.05. The molecule has 0 bridgehead atoms. The van der Waals surface area contributed by atoms with Gasteiger partial charge in [0.25, 0.3) is 0 Å². The minimum Gasteiger partial charge on any atom is -0.353 e. The molecule has 0 aliphatic rings. The lowest BCUT2D eigenvalue weighted by Crippen LogP contribution is -2.51. The van der Waals surface area contributed by atoms with Gasteiger partial charge in [0.05, 0.1) is 5.56 Å². The average molecular weight is 400 g/mol. The molecule has 7 heteroatoms. The van der Waals surface area contributed by atoms with E-state index in [0.29, 0.717) is 12.0 Å². The molecular weight excluding hydrogens is 369 g/mol. The standard InChI is InChI=1S/C21H31F3N2O2/c1-13(2)10-17(27)26-18(14(3)4)19(28)25-12-20(5,6)15-8-7-9-16(11-15)21(22,23)24/h7-9,11,13-14,18H,10,12H2,1-6H3,(H,25,28)(H,26,27). The molecule has 0 aliphatic carbocycles. The number of carbonyl (C=O) groups excluding carboxylic acids is 2. The number of hydrogen-bond donors (Lipinski definition) is 2. The van der Waals surface area contributed by atoms with Gasteiger partial charge >= 0.3 is 6.18 Å². The van der Waals surface area contributed by atoms with Crippen molar-refractivity contribution in [3.8, 4) is 0 Å². The third-order valence-electron chi connectivity index (χ3n) is 4.54. The number of halogens is 3. The lowest BCUT2D eigenvalue weighted by molar-refractivity contribution is -0.137. The monoisotopic (exact) mass is 400 g/mol. The van der Waals surface area contributed by atoms with E-state index in [0.717, 1.165) is 12.1 Å². The van der Waals surface area contributed by atoms with Crippen LogP contribution in [0.15, 0.2) is 24.3 Å². The van der Waals surface area contributed by atoms with E-state index in [9.17, 15) is 22.8 Å². The molecule has 2 amide bonds. The van der Waals surface area contributed by atoms with Crippen molar-refractivity contribution in [3.63, 3.8) is 0 Å². The quantitative estimate of drug-likeness (QED) is 0.684. The molecule has 0 heterocycles. The van der Waals surface area contributed by atoms with E-state index in [1.165, 1.54) is 6.07 Å². The number of benzene rings is 1. The first-order valence-corrected chi connectivity index (χ1v) is 9.49. The summed E-state index contributed by atoms with van der Waals surface area (Å²) in [6.45, 7) is 11.2. The number of alkyl halides is 3. The van der Waals surface area contributed by atoms with Crippen LogP contribution in [-0.4, -0.2) is 24.4 Å². The Morgan fingerprint density at radius 3 is 2.11 bits per heavy atom. The molecule has 28 heavy (non-hydrogen) atoms. The van der Waals surface area contributed by atoms with Crippen LogP contribution in [0.1, 0.15) is 59.1 Å². The lowest BCUT2D eigenvalue weighted by atomic mass is 9.83. The molecule has 1 aromatic rings. The summed E-state index contributed by atoms with van der Waals surface area (Å²) in [5.41, 5.74) is -0.946. The van der Waals surface area contributed by atoms with Crippen molar-refractivity contribution in [1.29, 1.82) is 0 Å². The van der Waals surface area contributed by atoms with Crippen molar-refractivity contribution in [1.82, 2.24) is 10.6 Å². The maximum Gasteiger partial charge on any atom is 0.416 e. The molecule has 1 unspecified atom stereocenters. The lowest BCUT2D eigenvalue weighted by Gasteiger charge is -2.29. The molecule has 0 saturated heterocycles. The second-order valence-electron chi connectivity index (χ2n) is 8.57. The summed E-state index contributed by atoms with van der Waals surface area (Å²) in [7, 11) is 0. The largest absolute Gasteiger partial charge is 0.416 e. The van der Waals surface area contributed by atoms with E-state index < -0.39 is 23.2 Å². The van der Waals surface area contributed by atoms with E-state index in [2.05, 4.69) is 10.6 Å². The first-order chi connectivity index (χ1) is 12.7. The molecule has 1 aromatic carbocycles. The zero-order valence-electron chi connectivity index (χ0n) is 17.4. The molecule has 0 saturated carbocycles. The summed E-state index contributed by atoms with van der Waals surface area (Å²) >= 11 is 0. The van der Waals surface area contributed by atoms with Crippen molar-refractivity contribution < 1.29 is 22.8 Å². The summed E-state index contributed by atoms with van der Waals surface area (Å²) in [4.78, 5) is 24.6. The molecular formula is C21H31F3N2O2. The van der Waals surface area contributed by atoms with Crippen LogP contribution in [-0.2, 0) is 21.2 Å². The topological polar surface area (TPSA) is 58.2 Å². The van der Waals surface area contributed by atoms with Crippen molar-refractivity contribution in [2.24, 2.45) is 11.8 Å². The molecule has 2 N–H and O–H groups in total. The molecule has 0 aromatic heterocycles. The third kappa shape index (κ3) is 7.17. The normalized spacial score (nSPS) is 13.5. The number of amides is 2. The van der Waals surface area contributed by atoms with E-state index in [4.69, 9.17) is 0 Å². The zero-order valence-corrected chi connectivity index (χ0v) is 17.4. The first kappa shape index (κ1) is 24.0. The van der Waals surface area contributed by atoms with Gasteiger partial charge in [-0.25, -0.2) is 0 Å². The number of carbonyl (C=O) groups is 2. The van der Waals surface area contributed by atoms with Crippen LogP contribution >= 0.6 is 0 Å². The predicted molar refractivity (Wildman–Crippen MR) is 104 cm³/mol. The molecule has 0 aliphatic heterocycles. The number of rotatable bonds is 8. The van der Waals surface area contributed by atoms with E-state index in [-0.39, 0.29) is 30.2 Å². The minimum absolute atomic E-state index is 0.118. The fourth-order valence-electron chi connectivity index (χ4n) is 2.77. The van der Waals surface area contributed by atoms with Gasteiger partial charge in [0, 0.05) is 18.4 Å². The van der Waals surface area contributed by atoms with Crippen molar-refractivity contribution in [2.45, 2.75) is 65.6 Å². The Morgan fingerprint density at radius 1 is 1.04 bits per heavy atom. The molecule has 0 fully saturated rings. The van der Waals surface area contributed by atoms with Gasteiger partial charge < -0.3 is 10.6 Å². The second kappa shape index (κ2) is 9.43. The van der Waals surface area contributed by atoms with Gasteiger partial charge in [0.2, 0.25) is 11.8 Å². The predicted octanol–water partition coefficient (Wildman–Crippen LogP) is 4.29. The molecule has 0 radical (unpaired) electrons. The van der Waals surface area contributed by atoms with Gasteiger partial charge in [-0.05, 0) is 23.5 Å². The SMILES string of the molecule is CC(C)CC(=O)NC(C(=O)NCC(C)(C)c1cccc(C(F)(F)F)c1)C(C)C. The fourth-order valence-corrected chi connectivity index (χ4v) is 2.77. The van der Waals surface area contributed by atoms with E-state index in [1.54, 1.807) is 19.9 Å². The van der Waals surface area contributed by atoms with Crippen molar-refractivity contribution in [3.05, 3.63) is 35.4 Å². The highest BCUT2D eigenvalue weighted by molar-refractivity contribution is 5.87. The molecule has 1 rings (SSSR count). The summed E-state index contributed by atoms with van der Waals surface area (Å²) in [6.07, 6.45) is -4.09. The molecule has 0 spiro atoms. The maximum atomic E-state index is 13.0. The van der Waals surface area contributed by atoms with Crippen LogP contribution in [0.2, 0.25) is 0 Å². The highest BCUT2D eigenvalue weighted by Gasteiger charge is 2.33. The van der Waals surface area contributed by atoms with E-state index in [1.807, 2.05) is 27.7 Å². The average Bonchev–Trinajstić information content (AvgIpc) is 2.56. The van der Waals surface area contributed by atoms with Gasteiger partial charge in [-0.3, -0.25) is 9.59 Å². The van der Waals surface area contributed by atoms with Gasteiger partial charge in [-0.2, -0.15) is 13.2 Å².